The van der Waals surface area contributed by atoms with Crippen molar-refractivity contribution < 1.29 is 4.74 Å². The summed E-state index contributed by atoms with van der Waals surface area (Å²) in [7, 11) is 0. The van der Waals surface area contributed by atoms with Gasteiger partial charge in [0.05, 0.1) is 16.2 Å². The summed E-state index contributed by atoms with van der Waals surface area (Å²) in [5, 5.41) is 5.96. The van der Waals surface area contributed by atoms with Gasteiger partial charge in [-0.15, -0.1) is 11.3 Å². The maximum atomic E-state index is 6.24. The second kappa shape index (κ2) is 6.89. The number of rotatable bonds is 6. The Hall–Kier alpha value is -1.10. The average Bonchev–Trinajstić information content (AvgIpc) is 2.90. The first-order chi connectivity index (χ1) is 9.20. The molecule has 1 heterocycles. The summed E-state index contributed by atoms with van der Waals surface area (Å²) in [6.45, 7) is 5.58. The van der Waals surface area contributed by atoms with Crippen LogP contribution in [0.25, 0.3) is 0 Å². The fourth-order valence-corrected chi connectivity index (χ4v) is 2.57. The van der Waals surface area contributed by atoms with Crippen LogP contribution < -0.4 is 10.1 Å². The van der Waals surface area contributed by atoms with Crippen LogP contribution in [0.3, 0.4) is 0 Å². The van der Waals surface area contributed by atoms with E-state index in [2.05, 4.69) is 24.1 Å². The molecule has 0 aliphatic rings. The molecule has 0 aliphatic heterocycles. The highest BCUT2D eigenvalue weighted by atomic mass is 35.5. The molecule has 5 heteroatoms. The first-order valence-corrected chi connectivity index (χ1v) is 7.55. The van der Waals surface area contributed by atoms with E-state index in [1.807, 2.05) is 23.6 Å². The Balaban J connectivity index is 2.02. The lowest BCUT2D eigenvalue weighted by molar-refractivity contribution is 0.302. The summed E-state index contributed by atoms with van der Waals surface area (Å²) in [5.41, 5.74) is 3.88. The van der Waals surface area contributed by atoms with Crippen LogP contribution in [-0.2, 0) is 6.61 Å². The maximum absolute atomic E-state index is 6.24. The smallest absolute Gasteiger partial charge is 0.138 e. The highest BCUT2D eigenvalue weighted by molar-refractivity contribution is 7.07. The monoisotopic (exact) mass is 296 g/mol. The molecule has 1 aromatic carbocycles. The molecule has 1 N–H and O–H groups in total. The van der Waals surface area contributed by atoms with Gasteiger partial charge in [0.1, 0.15) is 12.4 Å². The minimum absolute atomic E-state index is 0.287. The first-order valence-electron chi connectivity index (χ1n) is 6.23. The summed E-state index contributed by atoms with van der Waals surface area (Å²) < 4.78 is 5.67. The van der Waals surface area contributed by atoms with E-state index in [-0.39, 0.29) is 6.04 Å². The number of hydrogen-bond acceptors (Lipinski definition) is 4. The van der Waals surface area contributed by atoms with Crippen LogP contribution in [0.4, 0.5) is 0 Å². The Labute approximate surface area is 122 Å². The Kier molecular flexibility index (Phi) is 5.19. The van der Waals surface area contributed by atoms with Crippen molar-refractivity contribution >= 4 is 22.9 Å². The van der Waals surface area contributed by atoms with Crippen molar-refractivity contribution in [2.45, 2.75) is 26.5 Å². The number of ether oxygens (including phenoxy) is 1. The number of hydrogen-bond donors (Lipinski definition) is 1. The van der Waals surface area contributed by atoms with E-state index in [0.717, 1.165) is 17.8 Å². The quantitative estimate of drug-likeness (QED) is 0.873. The molecule has 0 amide bonds. The third-order valence-corrected chi connectivity index (χ3v) is 3.76. The maximum Gasteiger partial charge on any atom is 0.138 e. The summed E-state index contributed by atoms with van der Waals surface area (Å²) in [6.07, 6.45) is 0. The van der Waals surface area contributed by atoms with Gasteiger partial charge in [-0.3, -0.25) is 0 Å². The summed E-state index contributed by atoms with van der Waals surface area (Å²) >= 11 is 7.80. The number of aromatic nitrogens is 1. The molecule has 0 spiro atoms. The SMILES string of the molecule is CCNC(C)c1ccc(OCc2cscn2)c(Cl)c1. The van der Waals surface area contributed by atoms with Crippen molar-refractivity contribution in [3.63, 3.8) is 0 Å². The summed E-state index contributed by atoms with van der Waals surface area (Å²) in [6, 6.07) is 6.19. The first kappa shape index (κ1) is 14.3. The third kappa shape index (κ3) is 3.93. The van der Waals surface area contributed by atoms with Crippen molar-refractivity contribution in [1.29, 1.82) is 0 Å². The van der Waals surface area contributed by atoms with E-state index in [0.29, 0.717) is 17.4 Å². The van der Waals surface area contributed by atoms with Crippen LogP contribution in [0.2, 0.25) is 5.02 Å². The van der Waals surface area contributed by atoms with Gasteiger partial charge in [0, 0.05) is 11.4 Å². The van der Waals surface area contributed by atoms with Crippen LogP contribution >= 0.6 is 22.9 Å². The predicted molar refractivity (Wildman–Crippen MR) is 80.0 cm³/mol. The van der Waals surface area contributed by atoms with Gasteiger partial charge >= 0.3 is 0 Å². The number of thiazole rings is 1. The lowest BCUT2D eigenvalue weighted by Crippen LogP contribution is -2.17. The van der Waals surface area contributed by atoms with E-state index >= 15 is 0 Å². The van der Waals surface area contributed by atoms with Crippen molar-refractivity contribution in [3.8, 4) is 5.75 Å². The van der Waals surface area contributed by atoms with E-state index in [9.17, 15) is 0 Å². The van der Waals surface area contributed by atoms with Crippen molar-refractivity contribution in [3.05, 3.63) is 45.4 Å². The van der Waals surface area contributed by atoms with Crippen LogP contribution in [-0.4, -0.2) is 11.5 Å². The minimum Gasteiger partial charge on any atom is -0.486 e. The Morgan fingerprint density at radius 2 is 2.32 bits per heavy atom. The van der Waals surface area contributed by atoms with Gasteiger partial charge in [0.15, 0.2) is 0 Å². The molecule has 0 aliphatic carbocycles. The third-order valence-electron chi connectivity index (χ3n) is 2.83. The standard InChI is InChI=1S/C14H17ClN2OS/c1-3-16-10(2)11-4-5-14(13(15)6-11)18-7-12-8-19-9-17-12/h4-6,8-10,16H,3,7H2,1-2H3. The molecular weight excluding hydrogens is 280 g/mol. The second-order valence-corrected chi connectivity index (χ2v) is 5.36. The number of nitrogens with zero attached hydrogens (tertiary/aromatic N) is 1. The van der Waals surface area contributed by atoms with Gasteiger partial charge in [-0.25, -0.2) is 4.98 Å². The van der Waals surface area contributed by atoms with Crippen LogP contribution in [0, 0.1) is 0 Å². The average molecular weight is 297 g/mol. The zero-order valence-corrected chi connectivity index (χ0v) is 12.6. The molecule has 102 valence electrons. The molecule has 0 bridgehead atoms. The lowest BCUT2D eigenvalue weighted by atomic mass is 10.1. The fraction of sp³-hybridized carbons (Fsp3) is 0.357. The molecule has 2 rings (SSSR count). The highest BCUT2D eigenvalue weighted by Crippen LogP contribution is 2.28. The van der Waals surface area contributed by atoms with Crippen LogP contribution in [0.15, 0.2) is 29.1 Å². The fourth-order valence-electron chi connectivity index (χ4n) is 1.79. The molecule has 1 atom stereocenters. The number of halogens is 1. The molecule has 1 aromatic heterocycles. The Morgan fingerprint density at radius 1 is 1.47 bits per heavy atom. The Morgan fingerprint density at radius 3 is 2.95 bits per heavy atom. The molecule has 0 saturated heterocycles. The molecule has 2 aromatic rings. The van der Waals surface area contributed by atoms with E-state index in [4.69, 9.17) is 16.3 Å². The van der Waals surface area contributed by atoms with E-state index < -0.39 is 0 Å². The predicted octanol–water partition coefficient (Wildman–Crippen LogP) is 4.05. The Bertz CT molecular complexity index is 516. The molecule has 1 unspecified atom stereocenters. The summed E-state index contributed by atoms with van der Waals surface area (Å²) in [4.78, 5) is 4.17. The van der Waals surface area contributed by atoms with Crippen molar-refractivity contribution in [1.82, 2.24) is 10.3 Å². The van der Waals surface area contributed by atoms with Crippen molar-refractivity contribution in [2.75, 3.05) is 6.54 Å². The zero-order chi connectivity index (χ0) is 13.7. The van der Waals surface area contributed by atoms with E-state index in [1.54, 1.807) is 16.8 Å². The highest BCUT2D eigenvalue weighted by Gasteiger charge is 2.08. The minimum atomic E-state index is 0.287. The van der Waals surface area contributed by atoms with Crippen LogP contribution in [0.5, 0.6) is 5.75 Å². The number of nitrogens with one attached hydrogen (secondary N) is 1. The lowest BCUT2D eigenvalue weighted by Gasteiger charge is -2.14. The van der Waals surface area contributed by atoms with Gasteiger partial charge in [-0.2, -0.15) is 0 Å². The van der Waals surface area contributed by atoms with Gasteiger partial charge in [0.2, 0.25) is 0 Å². The van der Waals surface area contributed by atoms with E-state index in [1.165, 1.54) is 0 Å². The second-order valence-electron chi connectivity index (χ2n) is 4.24. The summed E-state index contributed by atoms with van der Waals surface area (Å²) in [5.74, 6) is 0.696. The van der Waals surface area contributed by atoms with Gasteiger partial charge in [-0.1, -0.05) is 24.6 Å². The molecular formula is C14H17ClN2OS. The van der Waals surface area contributed by atoms with Crippen molar-refractivity contribution in [2.24, 2.45) is 0 Å². The normalized spacial score (nSPS) is 12.4. The topological polar surface area (TPSA) is 34.1 Å². The number of benzene rings is 1. The molecule has 3 nitrogen and oxygen atoms in total. The molecule has 19 heavy (non-hydrogen) atoms. The molecule has 0 saturated carbocycles. The molecule has 0 radical (unpaired) electrons. The van der Waals surface area contributed by atoms with Gasteiger partial charge in [0.25, 0.3) is 0 Å². The van der Waals surface area contributed by atoms with Crippen LogP contribution in [0.1, 0.15) is 31.1 Å². The van der Waals surface area contributed by atoms with Gasteiger partial charge < -0.3 is 10.1 Å². The largest absolute Gasteiger partial charge is 0.486 e. The van der Waals surface area contributed by atoms with Gasteiger partial charge in [-0.05, 0) is 31.2 Å². The zero-order valence-electron chi connectivity index (χ0n) is 11.0. The molecule has 0 fully saturated rings.